The van der Waals surface area contributed by atoms with Crippen molar-refractivity contribution in [2.45, 2.75) is 37.6 Å². The average Bonchev–Trinajstić information content (AvgIpc) is 3.59. The molecular formula is C29H27BClFN2O4S. The molecule has 4 aromatic rings. The van der Waals surface area contributed by atoms with Gasteiger partial charge in [-0.25, -0.2) is 4.39 Å². The molecule has 2 N–H and O–H groups in total. The van der Waals surface area contributed by atoms with E-state index in [1.807, 2.05) is 30.5 Å². The van der Waals surface area contributed by atoms with Crippen molar-refractivity contribution in [2.75, 3.05) is 17.6 Å². The number of benzene rings is 3. The second-order valence-electron chi connectivity index (χ2n) is 9.91. The van der Waals surface area contributed by atoms with Gasteiger partial charge < -0.3 is 19.4 Å². The Morgan fingerprint density at radius 1 is 1.13 bits per heavy atom. The summed E-state index contributed by atoms with van der Waals surface area (Å²) in [5.41, 5.74) is 5.50. The molecule has 1 aliphatic heterocycles. The number of fused-ring (bicyclic) bond motifs is 1. The maximum Gasteiger partial charge on any atom is 0.454 e. The highest BCUT2D eigenvalue weighted by Gasteiger charge is 2.33. The molecule has 6 rings (SSSR count). The molecule has 3 aromatic carbocycles. The van der Waals surface area contributed by atoms with Crippen molar-refractivity contribution in [1.29, 1.82) is 0 Å². The van der Waals surface area contributed by atoms with E-state index in [0.29, 0.717) is 39.7 Å². The van der Waals surface area contributed by atoms with E-state index >= 15 is 0 Å². The average molecular weight is 565 g/mol. The maximum absolute atomic E-state index is 13.6. The number of nitrogens with one attached hydrogen (secondary N) is 1. The zero-order valence-electron chi connectivity index (χ0n) is 21.5. The van der Waals surface area contributed by atoms with Gasteiger partial charge in [0.05, 0.1) is 23.0 Å². The summed E-state index contributed by atoms with van der Waals surface area (Å²) in [6, 6.07) is 15.9. The lowest BCUT2D eigenvalue weighted by Crippen LogP contribution is -2.18. The van der Waals surface area contributed by atoms with Crippen LogP contribution in [0.1, 0.15) is 52.8 Å². The summed E-state index contributed by atoms with van der Waals surface area (Å²) in [4.78, 5) is 13.0. The number of carbonyl (C=O) groups excluding carboxylic acids is 1. The van der Waals surface area contributed by atoms with Gasteiger partial charge in [-0.15, -0.1) is 0 Å². The molecule has 1 saturated heterocycles. The topological polar surface area (TPSA) is 74.9 Å². The Balaban J connectivity index is 1.47. The molecule has 1 aliphatic carbocycles. The van der Waals surface area contributed by atoms with E-state index < -0.39 is 7.12 Å². The van der Waals surface area contributed by atoms with Crippen molar-refractivity contribution in [2.24, 2.45) is 0 Å². The van der Waals surface area contributed by atoms with Crippen LogP contribution >= 0.6 is 23.5 Å². The first-order valence-corrected chi connectivity index (χ1v) is 14.5. The lowest BCUT2D eigenvalue weighted by Gasteiger charge is -2.26. The Morgan fingerprint density at radius 3 is 2.51 bits per heavy atom. The van der Waals surface area contributed by atoms with Crippen molar-refractivity contribution < 1.29 is 23.3 Å². The number of halogens is 2. The van der Waals surface area contributed by atoms with Crippen LogP contribution in [0.2, 0.25) is 11.3 Å². The van der Waals surface area contributed by atoms with Crippen LogP contribution < -0.4 is 9.62 Å². The SMILES string of the molecule is CNC(=O)c1c(-c2ccc(F)cc2)oc2cc(N(SC)c3ccc(C4CCB(O)O4)c(Cl)c3)c(C3CC3)cc12. The normalized spacial score (nSPS) is 17.2. The lowest BCUT2D eigenvalue weighted by atomic mass is 9.87. The predicted molar refractivity (Wildman–Crippen MR) is 155 cm³/mol. The van der Waals surface area contributed by atoms with Crippen LogP contribution in [0.25, 0.3) is 22.3 Å². The first kappa shape index (κ1) is 26.3. The van der Waals surface area contributed by atoms with Crippen LogP contribution in [0.4, 0.5) is 15.8 Å². The van der Waals surface area contributed by atoms with Gasteiger partial charge in [-0.2, -0.15) is 0 Å². The minimum absolute atomic E-state index is 0.223. The molecule has 10 heteroatoms. The highest BCUT2D eigenvalue weighted by Crippen LogP contribution is 2.50. The summed E-state index contributed by atoms with van der Waals surface area (Å²) in [6.45, 7) is 0. The summed E-state index contributed by atoms with van der Waals surface area (Å²) in [5.74, 6) is 0.172. The molecule has 0 spiro atoms. The largest absolute Gasteiger partial charge is 0.455 e. The zero-order chi connectivity index (χ0) is 27.3. The van der Waals surface area contributed by atoms with Gasteiger partial charge in [-0.3, -0.25) is 9.10 Å². The van der Waals surface area contributed by atoms with Crippen molar-refractivity contribution in [3.63, 3.8) is 0 Å². The van der Waals surface area contributed by atoms with Crippen LogP contribution in [0, 0.1) is 5.82 Å². The molecular weight excluding hydrogens is 538 g/mol. The number of rotatable bonds is 7. The van der Waals surface area contributed by atoms with Crippen molar-refractivity contribution in [3.05, 3.63) is 82.1 Å². The highest BCUT2D eigenvalue weighted by molar-refractivity contribution is 8.00. The quantitative estimate of drug-likeness (QED) is 0.179. The molecule has 1 aromatic heterocycles. The third-order valence-electron chi connectivity index (χ3n) is 7.38. The Hall–Kier alpha value is -2.98. The van der Waals surface area contributed by atoms with Crippen LogP contribution in [-0.2, 0) is 4.65 Å². The van der Waals surface area contributed by atoms with Crippen molar-refractivity contribution in [1.82, 2.24) is 5.32 Å². The molecule has 6 nitrogen and oxygen atoms in total. The monoisotopic (exact) mass is 564 g/mol. The predicted octanol–water partition coefficient (Wildman–Crippen LogP) is 7.49. The summed E-state index contributed by atoms with van der Waals surface area (Å²) >= 11 is 8.27. The van der Waals surface area contributed by atoms with Crippen molar-refractivity contribution in [3.8, 4) is 11.3 Å². The van der Waals surface area contributed by atoms with Crippen LogP contribution in [0.3, 0.4) is 0 Å². The Labute approximate surface area is 235 Å². The summed E-state index contributed by atoms with van der Waals surface area (Å²) in [7, 11) is 0.834. The standard InChI is InChI=1S/C29H27BClFN2O4S/c1-33-29(35)27-22-14-21(16-3-4-16)24(15-26(22)37-28(27)17-5-7-18(32)8-6-17)34(39-2)19-9-10-20(23(31)13-19)25-11-12-30(36)38-25/h5-10,13-16,25,36H,3-4,11-12H2,1-2H3,(H,33,35). The first-order valence-electron chi connectivity index (χ1n) is 12.9. The molecule has 200 valence electrons. The van der Waals surface area contributed by atoms with Crippen molar-refractivity contribution >= 4 is 58.9 Å². The molecule has 1 atom stereocenters. The molecule has 1 unspecified atom stereocenters. The smallest absolute Gasteiger partial charge is 0.454 e. The maximum atomic E-state index is 13.6. The molecule has 0 radical (unpaired) electrons. The van der Waals surface area contributed by atoms with E-state index in [4.69, 9.17) is 20.7 Å². The highest BCUT2D eigenvalue weighted by atomic mass is 35.5. The molecule has 39 heavy (non-hydrogen) atoms. The molecule has 2 aliphatic rings. The van der Waals surface area contributed by atoms with Gasteiger partial charge in [0.2, 0.25) is 0 Å². The third-order valence-corrected chi connectivity index (χ3v) is 8.48. The second kappa shape index (κ2) is 10.5. The number of nitrogens with zero attached hydrogens (tertiary/aromatic N) is 1. The van der Waals surface area contributed by atoms with Gasteiger partial charge in [-0.05, 0) is 97.0 Å². The lowest BCUT2D eigenvalue weighted by molar-refractivity contribution is 0.0964. The Morgan fingerprint density at radius 2 is 1.90 bits per heavy atom. The van der Waals surface area contributed by atoms with E-state index in [-0.39, 0.29) is 17.8 Å². The number of hydrogen-bond donors (Lipinski definition) is 2. The van der Waals surface area contributed by atoms with E-state index in [2.05, 4.69) is 15.7 Å². The molecule has 2 fully saturated rings. The molecule has 2 heterocycles. The minimum atomic E-state index is -0.756. The van der Waals surface area contributed by atoms with Gasteiger partial charge in [-0.1, -0.05) is 17.7 Å². The number of carbonyl (C=O) groups is 1. The molecule has 1 amide bonds. The fourth-order valence-corrected chi connectivity index (χ4v) is 6.27. The van der Waals surface area contributed by atoms with E-state index in [9.17, 15) is 14.2 Å². The fraction of sp³-hybridized carbons (Fsp3) is 0.276. The molecule has 0 bridgehead atoms. The summed E-state index contributed by atoms with van der Waals surface area (Å²) in [5, 5.41) is 13.8. The third kappa shape index (κ3) is 4.93. The van der Waals surface area contributed by atoms with E-state index in [0.717, 1.165) is 47.2 Å². The van der Waals surface area contributed by atoms with Gasteiger partial charge in [0.1, 0.15) is 17.2 Å². The second-order valence-corrected chi connectivity index (χ2v) is 11.1. The Kier molecular flexibility index (Phi) is 7.10. The van der Waals surface area contributed by atoms with Gasteiger partial charge in [0.25, 0.3) is 5.91 Å². The van der Waals surface area contributed by atoms with E-state index in [1.54, 1.807) is 31.1 Å². The Bertz CT molecular complexity index is 1560. The number of furan rings is 1. The summed E-state index contributed by atoms with van der Waals surface area (Å²) in [6.07, 6.45) is 5.22. The first-order chi connectivity index (χ1) is 18.9. The number of amides is 1. The number of hydrogen-bond acceptors (Lipinski definition) is 6. The fourth-order valence-electron chi connectivity index (χ4n) is 5.30. The van der Waals surface area contributed by atoms with Crippen LogP contribution in [0.15, 0.2) is 59.0 Å². The minimum Gasteiger partial charge on any atom is -0.455 e. The van der Waals surface area contributed by atoms with Gasteiger partial charge in [0, 0.05) is 35.3 Å². The zero-order valence-corrected chi connectivity index (χ0v) is 23.1. The van der Waals surface area contributed by atoms with Crippen LogP contribution in [0.5, 0.6) is 0 Å². The van der Waals surface area contributed by atoms with Crippen LogP contribution in [-0.4, -0.2) is 31.4 Å². The van der Waals surface area contributed by atoms with Gasteiger partial charge >= 0.3 is 7.12 Å². The summed E-state index contributed by atoms with van der Waals surface area (Å²) < 4.78 is 27.7. The van der Waals surface area contributed by atoms with Gasteiger partial charge in [0.15, 0.2) is 0 Å². The number of anilines is 2. The molecule has 1 saturated carbocycles. The van der Waals surface area contributed by atoms with E-state index in [1.165, 1.54) is 12.1 Å².